The predicted octanol–water partition coefficient (Wildman–Crippen LogP) is 0.362. The van der Waals surface area contributed by atoms with Gasteiger partial charge in [-0.3, -0.25) is 4.79 Å². The Morgan fingerprint density at radius 3 is 2.73 bits per heavy atom. The van der Waals surface area contributed by atoms with E-state index in [4.69, 9.17) is 0 Å². The van der Waals surface area contributed by atoms with Gasteiger partial charge in [0.25, 0.3) is 0 Å². The quantitative estimate of drug-likeness (QED) is 0.424. The molecule has 0 radical (unpaired) electrons. The van der Waals surface area contributed by atoms with Crippen molar-refractivity contribution in [3.8, 4) is 0 Å². The van der Waals surface area contributed by atoms with Crippen molar-refractivity contribution in [2.45, 2.75) is 19.4 Å². The van der Waals surface area contributed by atoms with Crippen LogP contribution in [-0.2, 0) is 9.59 Å². The number of hydrogen-bond donors (Lipinski definition) is 0. The van der Waals surface area contributed by atoms with Gasteiger partial charge in [0, 0.05) is 6.54 Å². The molecule has 1 unspecified atom stereocenters. The number of likely N-dealkylation sites (tertiary alicyclic amines) is 1. The zero-order valence-electron chi connectivity index (χ0n) is 6.49. The molecule has 1 heterocycles. The van der Waals surface area contributed by atoms with E-state index < -0.39 is 0 Å². The van der Waals surface area contributed by atoms with E-state index >= 15 is 0 Å². The number of aldehydes is 1. The lowest BCUT2D eigenvalue weighted by atomic mass is 10.1. The Morgan fingerprint density at radius 2 is 2.36 bits per heavy atom. The zero-order valence-corrected chi connectivity index (χ0v) is 6.49. The van der Waals surface area contributed by atoms with Gasteiger partial charge in [-0.05, 0) is 19.4 Å². The van der Waals surface area contributed by atoms with Crippen LogP contribution in [0.3, 0.4) is 0 Å². The summed E-state index contributed by atoms with van der Waals surface area (Å²) >= 11 is 0. The molecule has 1 atom stereocenters. The Labute approximate surface area is 65.7 Å². The summed E-state index contributed by atoms with van der Waals surface area (Å²) in [6.45, 7) is 2.50. The molecule has 1 amide bonds. The molecule has 1 fully saturated rings. The molecule has 0 aromatic carbocycles. The Kier molecular flexibility index (Phi) is 2.41. The molecule has 3 nitrogen and oxygen atoms in total. The molecule has 3 heteroatoms. The highest BCUT2D eigenvalue weighted by atomic mass is 16.2. The summed E-state index contributed by atoms with van der Waals surface area (Å²) in [5.74, 6) is -0.0594. The predicted molar refractivity (Wildman–Crippen MR) is 41.0 cm³/mol. The van der Waals surface area contributed by atoms with Crippen LogP contribution in [0.25, 0.3) is 0 Å². The molecule has 0 aliphatic carbocycles. The van der Waals surface area contributed by atoms with Crippen molar-refractivity contribution in [2.75, 3.05) is 6.54 Å². The van der Waals surface area contributed by atoms with Crippen LogP contribution in [0.5, 0.6) is 0 Å². The molecule has 0 saturated carbocycles. The summed E-state index contributed by atoms with van der Waals surface area (Å²) < 4.78 is 0. The Balaban J connectivity index is 2.48. The summed E-state index contributed by atoms with van der Waals surface area (Å²) in [7, 11) is 0. The van der Waals surface area contributed by atoms with Gasteiger partial charge in [-0.25, -0.2) is 0 Å². The van der Waals surface area contributed by atoms with E-state index in [1.165, 1.54) is 6.08 Å². The average Bonchev–Trinajstić information content (AvgIpc) is 1.86. The van der Waals surface area contributed by atoms with Crippen molar-refractivity contribution in [3.05, 3.63) is 12.2 Å². The van der Waals surface area contributed by atoms with Crippen LogP contribution in [0, 0.1) is 0 Å². The van der Waals surface area contributed by atoms with E-state index in [1.807, 2.05) is 0 Å². The molecular weight excluding hydrogens is 142 g/mol. The monoisotopic (exact) mass is 153 g/mol. The van der Waals surface area contributed by atoms with Gasteiger partial charge >= 0.3 is 0 Å². The van der Waals surface area contributed by atoms with Crippen molar-refractivity contribution < 1.29 is 9.59 Å². The Bertz CT molecular complexity index is 198. The van der Waals surface area contributed by atoms with Crippen molar-refractivity contribution in [3.63, 3.8) is 0 Å². The molecule has 1 rings (SSSR count). The second-order valence-electron chi connectivity index (χ2n) is 2.52. The van der Waals surface area contributed by atoms with Crippen LogP contribution in [0.1, 0.15) is 13.3 Å². The molecule has 0 aromatic heterocycles. The first-order valence-corrected chi connectivity index (χ1v) is 3.68. The number of carbonyl (C=O) groups is 2. The largest absolute Gasteiger partial charge is 0.329 e. The molecule has 1 saturated heterocycles. The molecule has 11 heavy (non-hydrogen) atoms. The van der Waals surface area contributed by atoms with E-state index in [-0.39, 0.29) is 11.9 Å². The molecule has 0 spiro atoms. The van der Waals surface area contributed by atoms with Gasteiger partial charge in [0.15, 0.2) is 0 Å². The van der Waals surface area contributed by atoms with Gasteiger partial charge in [0.1, 0.15) is 6.29 Å². The number of allylic oxidation sites excluding steroid dienone is 1. The fraction of sp³-hybridized carbons (Fsp3) is 0.500. The van der Waals surface area contributed by atoms with Gasteiger partial charge in [0.05, 0.1) is 6.04 Å². The summed E-state index contributed by atoms with van der Waals surface area (Å²) in [4.78, 5) is 22.9. The second-order valence-corrected chi connectivity index (χ2v) is 2.52. The molecule has 1 aliphatic rings. The van der Waals surface area contributed by atoms with E-state index in [2.05, 4.69) is 0 Å². The van der Waals surface area contributed by atoms with Gasteiger partial charge < -0.3 is 9.69 Å². The first-order valence-electron chi connectivity index (χ1n) is 3.68. The molecule has 0 bridgehead atoms. The summed E-state index contributed by atoms with van der Waals surface area (Å²) in [6, 6.07) is -0.168. The van der Waals surface area contributed by atoms with E-state index in [0.29, 0.717) is 6.54 Å². The topological polar surface area (TPSA) is 37.4 Å². The zero-order chi connectivity index (χ0) is 8.27. The van der Waals surface area contributed by atoms with Crippen LogP contribution in [0.2, 0.25) is 0 Å². The maximum Gasteiger partial charge on any atom is 0.246 e. The second kappa shape index (κ2) is 3.32. The third kappa shape index (κ3) is 1.48. The number of nitrogens with zero attached hydrogens (tertiary/aromatic N) is 1. The number of carbonyl (C=O) groups excluding carboxylic acids is 2. The number of amides is 1. The highest BCUT2D eigenvalue weighted by Crippen LogP contribution is 2.14. The van der Waals surface area contributed by atoms with E-state index in [1.54, 1.807) is 17.9 Å². The molecule has 0 aromatic rings. The average molecular weight is 153 g/mol. The van der Waals surface area contributed by atoms with Crippen LogP contribution in [0.4, 0.5) is 0 Å². The summed E-state index contributed by atoms with van der Waals surface area (Å²) in [5.41, 5.74) is 0. The van der Waals surface area contributed by atoms with Crippen LogP contribution in [-0.4, -0.2) is 29.7 Å². The van der Waals surface area contributed by atoms with E-state index in [9.17, 15) is 9.59 Å². The highest BCUT2D eigenvalue weighted by Gasteiger charge is 2.29. The van der Waals surface area contributed by atoms with Crippen molar-refractivity contribution in [1.82, 2.24) is 4.90 Å². The van der Waals surface area contributed by atoms with E-state index in [0.717, 1.165) is 12.7 Å². The normalized spacial score (nSPS) is 23.4. The first kappa shape index (κ1) is 7.98. The molecular formula is C8H11NO2. The lowest BCUT2D eigenvalue weighted by Crippen LogP contribution is -2.51. The molecule has 60 valence electrons. The van der Waals surface area contributed by atoms with Gasteiger partial charge in [0.2, 0.25) is 5.91 Å². The maximum atomic E-state index is 11.1. The minimum atomic E-state index is -0.168. The minimum Gasteiger partial charge on any atom is -0.329 e. The summed E-state index contributed by atoms with van der Waals surface area (Å²) in [5, 5.41) is 0. The fourth-order valence-corrected chi connectivity index (χ4v) is 1.06. The molecule has 0 N–H and O–H groups in total. The van der Waals surface area contributed by atoms with Crippen molar-refractivity contribution in [1.29, 1.82) is 0 Å². The first-order chi connectivity index (χ1) is 5.29. The van der Waals surface area contributed by atoms with Crippen LogP contribution < -0.4 is 0 Å². The third-order valence-corrected chi connectivity index (χ3v) is 1.82. The van der Waals surface area contributed by atoms with Gasteiger partial charge in [-0.1, -0.05) is 6.08 Å². The SMILES string of the molecule is CC=CC(=O)N1CCC1C=O. The van der Waals surface area contributed by atoms with Crippen LogP contribution in [0.15, 0.2) is 12.2 Å². The van der Waals surface area contributed by atoms with Crippen molar-refractivity contribution in [2.24, 2.45) is 0 Å². The van der Waals surface area contributed by atoms with Gasteiger partial charge in [-0.15, -0.1) is 0 Å². The number of rotatable bonds is 2. The highest BCUT2D eigenvalue weighted by molar-refractivity contribution is 5.90. The number of hydrogen-bond acceptors (Lipinski definition) is 2. The standard InChI is InChI=1S/C8H11NO2/c1-2-3-8(11)9-5-4-7(9)6-10/h2-3,6-7H,4-5H2,1H3. The Hall–Kier alpha value is -1.12. The van der Waals surface area contributed by atoms with Gasteiger partial charge in [-0.2, -0.15) is 0 Å². The Morgan fingerprint density at radius 1 is 1.64 bits per heavy atom. The lowest BCUT2D eigenvalue weighted by molar-refractivity contribution is -0.137. The lowest BCUT2D eigenvalue weighted by Gasteiger charge is -2.36. The van der Waals surface area contributed by atoms with Crippen LogP contribution >= 0.6 is 0 Å². The fourth-order valence-electron chi connectivity index (χ4n) is 1.06. The maximum absolute atomic E-state index is 11.1. The third-order valence-electron chi connectivity index (χ3n) is 1.82. The van der Waals surface area contributed by atoms with Crippen molar-refractivity contribution >= 4 is 12.2 Å². The molecule has 1 aliphatic heterocycles. The smallest absolute Gasteiger partial charge is 0.246 e. The summed E-state index contributed by atoms with van der Waals surface area (Å²) in [6.07, 6.45) is 4.80. The minimum absolute atomic E-state index is 0.0594.